The maximum absolute atomic E-state index is 4.85. The van der Waals surface area contributed by atoms with Gasteiger partial charge in [0, 0.05) is 10.00 Å². The van der Waals surface area contributed by atoms with E-state index >= 15 is 0 Å². The molecule has 1 fully saturated rings. The summed E-state index contributed by atoms with van der Waals surface area (Å²) in [5, 5.41) is 0.454. The Kier molecular flexibility index (Phi) is 5.38. The summed E-state index contributed by atoms with van der Waals surface area (Å²) in [6.07, 6.45) is 7.91. The van der Waals surface area contributed by atoms with E-state index in [1.807, 2.05) is 0 Å². The fourth-order valence-electron chi connectivity index (χ4n) is 2.75. The van der Waals surface area contributed by atoms with E-state index in [2.05, 4.69) is 20.8 Å². The molecule has 0 saturated heterocycles. The molecule has 1 rings (SSSR count). The van der Waals surface area contributed by atoms with Crippen LogP contribution >= 0.6 is 25.3 Å². The third-order valence-corrected chi connectivity index (χ3v) is 5.29. The first-order valence-corrected chi connectivity index (χ1v) is 7.32. The molecule has 0 bridgehead atoms. The monoisotopic (exact) mass is 246 g/mol. The van der Waals surface area contributed by atoms with Crippen LogP contribution in [-0.2, 0) is 0 Å². The average molecular weight is 246 g/mol. The zero-order valence-corrected chi connectivity index (χ0v) is 12.2. The van der Waals surface area contributed by atoms with E-state index in [1.165, 1.54) is 38.5 Å². The van der Waals surface area contributed by atoms with Gasteiger partial charge < -0.3 is 0 Å². The molecule has 1 aliphatic carbocycles. The predicted octanol–water partition coefficient (Wildman–Crippen LogP) is 4.60. The summed E-state index contributed by atoms with van der Waals surface area (Å²) in [5.74, 6) is 1.69. The lowest BCUT2D eigenvalue weighted by Gasteiger charge is -2.38. The maximum atomic E-state index is 4.85. The zero-order valence-electron chi connectivity index (χ0n) is 10.4. The number of hydrogen-bond donors (Lipinski definition) is 2. The second kappa shape index (κ2) is 5.86. The summed E-state index contributed by atoms with van der Waals surface area (Å²) >= 11 is 9.60. The molecule has 1 saturated carbocycles. The van der Waals surface area contributed by atoms with Crippen molar-refractivity contribution in [1.29, 1.82) is 0 Å². The molecule has 4 unspecified atom stereocenters. The molecule has 0 radical (unpaired) electrons. The van der Waals surface area contributed by atoms with Crippen molar-refractivity contribution in [1.82, 2.24) is 0 Å². The molecule has 0 aromatic carbocycles. The van der Waals surface area contributed by atoms with Crippen LogP contribution < -0.4 is 0 Å². The Morgan fingerprint density at radius 2 is 2.00 bits per heavy atom. The molecular weight excluding hydrogens is 220 g/mol. The Bertz CT molecular complexity index is 189. The Hall–Kier alpha value is 0.700. The van der Waals surface area contributed by atoms with Crippen molar-refractivity contribution >= 4 is 25.3 Å². The molecule has 4 atom stereocenters. The van der Waals surface area contributed by atoms with Crippen LogP contribution in [0.15, 0.2) is 0 Å². The van der Waals surface area contributed by atoms with Crippen LogP contribution in [0.4, 0.5) is 0 Å². The van der Waals surface area contributed by atoms with Crippen LogP contribution in [0.25, 0.3) is 0 Å². The topological polar surface area (TPSA) is 0 Å². The quantitative estimate of drug-likeness (QED) is 0.654. The van der Waals surface area contributed by atoms with E-state index in [0.717, 1.165) is 11.8 Å². The summed E-state index contributed by atoms with van der Waals surface area (Å²) in [6.45, 7) is 6.92. The maximum Gasteiger partial charge on any atom is 0.0220 e. The van der Waals surface area contributed by atoms with Crippen LogP contribution in [0.3, 0.4) is 0 Å². The first-order valence-electron chi connectivity index (χ1n) is 6.36. The van der Waals surface area contributed by atoms with E-state index in [4.69, 9.17) is 25.3 Å². The zero-order chi connectivity index (χ0) is 11.5. The third kappa shape index (κ3) is 4.22. The van der Waals surface area contributed by atoms with Gasteiger partial charge in [-0.2, -0.15) is 25.3 Å². The third-order valence-electron chi connectivity index (χ3n) is 3.81. The second-order valence-electron chi connectivity index (χ2n) is 5.65. The van der Waals surface area contributed by atoms with Gasteiger partial charge in [-0.05, 0) is 31.6 Å². The van der Waals surface area contributed by atoms with Gasteiger partial charge in [0.25, 0.3) is 0 Å². The normalized spacial score (nSPS) is 43.4. The van der Waals surface area contributed by atoms with Gasteiger partial charge in [0.05, 0.1) is 0 Å². The first-order chi connectivity index (χ1) is 6.95. The highest BCUT2D eigenvalue weighted by atomic mass is 32.1. The minimum atomic E-state index is 0.123. The lowest BCUT2D eigenvalue weighted by molar-refractivity contribution is 0.287. The Morgan fingerprint density at radius 3 is 2.60 bits per heavy atom. The molecule has 2 heteroatoms. The van der Waals surface area contributed by atoms with Gasteiger partial charge in [0.2, 0.25) is 0 Å². The van der Waals surface area contributed by atoms with Crippen molar-refractivity contribution in [3.63, 3.8) is 0 Å². The van der Waals surface area contributed by atoms with Crippen LogP contribution in [-0.4, -0.2) is 10.00 Å². The van der Waals surface area contributed by atoms with E-state index in [1.54, 1.807) is 0 Å². The van der Waals surface area contributed by atoms with Gasteiger partial charge in [-0.15, -0.1) is 0 Å². The van der Waals surface area contributed by atoms with Crippen LogP contribution in [0.5, 0.6) is 0 Å². The number of rotatable bonds is 2. The highest BCUT2D eigenvalue weighted by Gasteiger charge is 2.33. The lowest BCUT2D eigenvalue weighted by atomic mass is 9.79. The van der Waals surface area contributed by atoms with Gasteiger partial charge in [-0.1, -0.05) is 39.5 Å². The van der Waals surface area contributed by atoms with E-state index in [9.17, 15) is 0 Å². The highest BCUT2D eigenvalue weighted by molar-refractivity contribution is 7.85. The molecule has 0 spiro atoms. The molecule has 90 valence electrons. The molecule has 0 heterocycles. The molecule has 0 aromatic rings. The van der Waals surface area contributed by atoms with Crippen LogP contribution in [0, 0.1) is 11.8 Å². The molecule has 0 amide bonds. The fraction of sp³-hybridized carbons (Fsp3) is 1.00. The number of thiol groups is 2. The summed E-state index contributed by atoms with van der Waals surface area (Å²) in [7, 11) is 0. The van der Waals surface area contributed by atoms with Crippen molar-refractivity contribution in [3.8, 4) is 0 Å². The minimum Gasteiger partial charge on any atom is -0.174 e. The van der Waals surface area contributed by atoms with Crippen molar-refractivity contribution < 1.29 is 0 Å². The first kappa shape index (κ1) is 13.8. The lowest BCUT2D eigenvalue weighted by Crippen LogP contribution is -2.35. The van der Waals surface area contributed by atoms with E-state index in [-0.39, 0.29) is 4.75 Å². The van der Waals surface area contributed by atoms with Gasteiger partial charge in [0.15, 0.2) is 0 Å². The minimum absolute atomic E-state index is 0.123. The highest BCUT2D eigenvalue weighted by Crippen LogP contribution is 2.40. The summed E-state index contributed by atoms with van der Waals surface area (Å²) in [6, 6.07) is 0. The van der Waals surface area contributed by atoms with Gasteiger partial charge in [0.1, 0.15) is 0 Å². The molecule has 0 nitrogen and oxygen atoms in total. The summed E-state index contributed by atoms with van der Waals surface area (Å²) in [4.78, 5) is 0. The number of hydrogen-bond acceptors (Lipinski definition) is 2. The molecule has 0 aromatic heterocycles. The molecule has 0 N–H and O–H groups in total. The standard InChI is InChI=1S/C13H26S2/c1-4-5-11-7-6-10(2)8-12(14)13(3,15)9-11/h10-12,14-15H,4-9H2,1-3H3. The van der Waals surface area contributed by atoms with Crippen molar-refractivity contribution in [3.05, 3.63) is 0 Å². The van der Waals surface area contributed by atoms with E-state index < -0.39 is 0 Å². The van der Waals surface area contributed by atoms with Crippen molar-refractivity contribution in [2.75, 3.05) is 0 Å². The molecular formula is C13H26S2. The van der Waals surface area contributed by atoms with Crippen LogP contribution in [0.1, 0.15) is 59.3 Å². The summed E-state index contributed by atoms with van der Waals surface area (Å²) < 4.78 is 0.123. The Balaban J connectivity index is 2.64. The average Bonchev–Trinajstić information content (AvgIpc) is 2.13. The SMILES string of the molecule is CCCC1CCC(C)CC(S)C(C)(S)C1. The van der Waals surface area contributed by atoms with Gasteiger partial charge >= 0.3 is 0 Å². The largest absolute Gasteiger partial charge is 0.174 e. The second-order valence-corrected chi connectivity index (χ2v) is 7.30. The molecule has 15 heavy (non-hydrogen) atoms. The van der Waals surface area contributed by atoms with Crippen LogP contribution in [0.2, 0.25) is 0 Å². The van der Waals surface area contributed by atoms with Gasteiger partial charge in [-0.25, -0.2) is 0 Å². The van der Waals surface area contributed by atoms with E-state index in [0.29, 0.717) is 5.25 Å². The fourth-order valence-corrected chi connectivity index (χ4v) is 3.58. The molecule has 0 aliphatic heterocycles. The predicted molar refractivity (Wildman–Crippen MR) is 76.2 cm³/mol. The van der Waals surface area contributed by atoms with Crippen molar-refractivity contribution in [2.24, 2.45) is 11.8 Å². The summed E-state index contributed by atoms with van der Waals surface area (Å²) in [5.41, 5.74) is 0. The Morgan fingerprint density at radius 1 is 1.33 bits per heavy atom. The molecule has 1 aliphatic rings. The van der Waals surface area contributed by atoms with Gasteiger partial charge in [-0.3, -0.25) is 0 Å². The Labute approximate surface area is 106 Å². The van der Waals surface area contributed by atoms with Crippen molar-refractivity contribution in [2.45, 2.75) is 69.3 Å². The smallest absolute Gasteiger partial charge is 0.0220 e.